The van der Waals surface area contributed by atoms with E-state index in [1.807, 2.05) is 0 Å². The second-order valence-corrected chi connectivity index (χ2v) is 3.33. The molecule has 58 valence electrons. The van der Waals surface area contributed by atoms with E-state index in [0.717, 1.165) is 6.42 Å². The lowest BCUT2D eigenvalue weighted by atomic mass is 10.1. The molecule has 10 heavy (non-hydrogen) atoms. The molecule has 0 amide bonds. The molecule has 1 saturated heterocycles. The van der Waals surface area contributed by atoms with E-state index in [0.29, 0.717) is 13.0 Å². The summed E-state index contributed by atoms with van der Waals surface area (Å²) in [6.07, 6.45) is 1.32. The minimum absolute atomic E-state index is 0.217. The lowest BCUT2D eigenvalue weighted by Gasteiger charge is -2.19. The first kappa shape index (κ1) is 8.39. The Hall–Kier alpha value is 0.290. The third-order valence-electron chi connectivity index (χ3n) is 1.68. The minimum atomic E-state index is -1.08. The molecule has 1 heterocycles. The van der Waals surface area contributed by atoms with Crippen molar-refractivity contribution in [3.8, 4) is 0 Å². The van der Waals surface area contributed by atoms with Gasteiger partial charge in [0.1, 0.15) is 6.67 Å². The van der Waals surface area contributed by atoms with E-state index >= 15 is 0 Å². The second kappa shape index (κ2) is 3.13. The van der Waals surface area contributed by atoms with Gasteiger partial charge in [-0.05, 0) is 12.8 Å². The Morgan fingerprint density at radius 1 is 1.80 bits per heavy atom. The average Bonchev–Trinajstić information content (AvgIpc) is 2.35. The van der Waals surface area contributed by atoms with Crippen molar-refractivity contribution in [2.45, 2.75) is 18.4 Å². The van der Waals surface area contributed by atoms with Crippen LogP contribution in [-0.4, -0.2) is 22.7 Å². The standard InChI is InChI=1S/C6H8FIO2/c7-4-6(5(8)9)2-1-3-10-6/h1-4H2. The Bertz CT molecular complexity index is 143. The van der Waals surface area contributed by atoms with Crippen LogP contribution in [0.1, 0.15) is 12.8 Å². The molecule has 0 aromatic heterocycles. The molecule has 0 spiro atoms. The normalized spacial score (nSPS) is 32.6. The van der Waals surface area contributed by atoms with Crippen molar-refractivity contribution in [2.24, 2.45) is 0 Å². The fourth-order valence-electron chi connectivity index (χ4n) is 1.01. The predicted octanol–water partition coefficient (Wildman–Crippen LogP) is 1.47. The summed E-state index contributed by atoms with van der Waals surface area (Å²) in [5, 5.41) is 0. The molecule has 1 fully saturated rings. The highest BCUT2D eigenvalue weighted by molar-refractivity contribution is 14.1. The number of carbonyl (C=O) groups excluding carboxylic acids is 1. The van der Waals surface area contributed by atoms with Crippen LogP contribution in [0.5, 0.6) is 0 Å². The SMILES string of the molecule is O=C(I)C1(CF)CCCO1. The molecule has 1 aliphatic rings. The van der Waals surface area contributed by atoms with E-state index in [-0.39, 0.29) is 3.79 Å². The van der Waals surface area contributed by atoms with Crippen molar-refractivity contribution in [1.82, 2.24) is 0 Å². The summed E-state index contributed by atoms with van der Waals surface area (Å²) >= 11 is 1.59. The summed E-state index contributed by atoms with van der Waals surface area (Å²) in [5.41, 5.74) is -1.08. The zero-order valence-electron chi connectivity index (χ0n) is 5.40. The van der Waals surface area contributed by atoms with Gasteiger partial charge < -0.3 is 4.74 Å². The summed E-state index contributed by atoms with van der Waals surface area (Å²) in [5.74, 6) is 0. The predicted molar refractivity (Wildman–Crippen MR) is 42.9 cm³/mol. The summed E-state index contributed by atoms with van der Waals surface area (Å²) in [6, 6.07) is 0. The van der Waals surface area contributed by atoms with Crippen LogP contribution < -0.4 is 0 Å². The van der Waals surface area contributed by atoms with E-state index in [9.17, 15) is 9.18 Å². The summed E-state index contributed by atoms with van der Waals surface area (Å²) in [4.78, 5) is 10.8. The van der Waals surface area contributed by atoms with Crippen LogP contribution in [0, 0.1) is 0 Å². The number of alkyl halides is 1. The van der Waals surface area contributed by atoms with Crippen molar-refractivity contribution in [3.63, 3.8) is 0 Å². The second-order valence-electron chi connectivity index (χ2n) is 2.35. The lowest BCUT2D eigenvalue weighted by molar-refractivity contribution is -0.129. The van der Waals surface area contributed by atoms with E-state index in [4.69, 9.17) is 4.74 Å². The summed E-state index contributed by atoms with van der Waals surface area (Å²) < 4.78 is 17.1. The molecule has 0 N–H and O–H groups in total. The number of carbonyl (C=O) groups is 1. The number of hydrogen-bond acceptors (Lipinski definition) is 2. The Morgan fingerprint density at radius 3 is 2.70 bits per heavy atom. The molecular formula is C6H8FIO2. The topological polar surface area (TPSA) is 26.3 Å². The van der Waals surface area contributed by atoms with Gasteiger partial charge in [0.15, 0.2) is 5.60 Å². The first-order chi connectivity index (χ1) is 4.71. The molecule has 0 aromatic rings. The molecule has 0 radical (unpaired) electrons. The van der Waals surface area contributed by atoms with Crippen LogP contribution in [0.3, 0.4) is 0 Å². The third-order valence-corrected chi connectivity index (χ3v) is 2.66. The molecule has 1 unspecified atom stereocenters. The van der Waals surface area contributed by atoms with Crippen LogP contribution in [0.25, 0.3) is 0 Å². The van der Waals surface area contributed by atoms with Crippen LogP contribution in [0.15, 0.2) is 0 Å². The van der Waals surface area contributed by atoms with Crippen molar-refractivity contribution in [3.05, 3.63) is 0 Å². The Morgan fingerprint density at radius 2 is 2.50 bits per heavy atom. The molecule has 0 aliphatic carbocycles. The molecule has 2 nitrogen and oxygen atoms in total. The van der Waals surface area contributed by atoms with Gasteiger partial charge in [-0.15, -0.1) is 0 Å². The molecular weight excluding hydrogens is 250 g/mol. The Labute approximate surface area is 72.3 Å². The Balaban J connectivity index is 2.67. The van der Waals surface area contributed by atoms with Gasteiger partial charge in [-0.25, -0.2) is 4.39 Å². The van der Waals surface area contributed by atoms with Gasteiger partial charge in [0.2, 0.25) is 3.79 Å². The van der Waals surface area contributed by atoms with Crippen molar-refractivity contribution in [1.29, 1.82) is 0 Å². The molecule has 0 saturated carbocycles. The fraction of sp³-hybridized carbons (Fsp3) is 0.833. The van der Waals surface area contributed by atoms with Gasteiger partial charge in [-0.1, -0.05) is 0 Å². The van der Waals surface area contributed by atoms with Gasteiger partial charge in [0.25, 0.3) is 0 Å². The third kappa shape index (κ3) is 1.32. The fourth-order valence-corrected chi connectivity index (χ4v) is 1.58. The van der Waals surface area contributed by atoms with Gasteiger partial charge in [-0.3, -0.25) is 4.79 Å². The largest absolute Gasteiger partial charge is 0.364 e. The molecule has 1 rings (SSSR count). The van der Waals surface area contributed by atoms with E-state index in [1.165, 1.54) is 0 Å². The van der Waals surface area contributed by atoms with Crippen molar-refractivity contribution in [2.75, 3.05) is 13.3 Å². The Kier molecular flexibility index (Phi) is 2.62. The number of halogens is 2. The molecule has 1 aliphatic heterocycles. The van der Waals surface area contributed by atoms with Crippen LogP contribution in [-0.2, 0) is 9.53 Å². The zero-order valence-corrected chi connectivity index (χ0v) is 7.56. The highest BCUT2D eigenvalue weighted by Crippen LogP contribution is 2.29. The maximum Gasteiger partial charge on any atom is 0.226 e. The zero-order chi connectivity index (χ0) is 7.61. The van der Waals surface area contributed by atoms with E-state index in [1.54, 1.807) is 22.6 Å². The summed E-state index contributed by atoms with van der Waals surface area (Å²) in [6.45, 7) is -0.173. The first-order valence-corrected chi connectivity index (χ1v) is 4.19. The average molecular weight is 258 g/mol. The van der Waals surface area contributed by atoms with Crippen molar-refractivity contribution >= 4 is 26.4 Å². The quantitative estimate of drug-likeness (QED) is 0.553. The molecule has 0 bridgehead atoms. The first-order valence-electron chi connectivity index (χ1n) is 3.11. The van der Waals surface area contributed by atoms with Crippen molar-refractivity contribution < 1.29 is 13.9 Å². The van der Waals surface area contributed by atoms with Crippen LogP contribution in [0.2, 0.25) is 0 Å². The van der Waals surface area contributed by atoms with Crippen LogP contribution >= 0.6 is 22.6 Å². The maximum atomic E-state index is 12.3. The maximum absolute atomic E-state index is 12.3. The van der Waals surface area contributed by atoms with E-state index in [2.05, 4.69) is 0 Å². The molecule has 0 aromatic carbocycles. The van der Waals surface area contributed by atoms with Gasteiger partial charge in [0, 0.05) is 29.2 Å². The highest BCUT2D eigenvalue weighted by atomic mass is 127. The number of rotatable bonds is 2. The van der Waals surface area contributed by atoms with Gasteiger partial charge >= 0.3 is 0 Å². The monoisotopic (exact) mass is 258 g/mol. The highest BCUT2D eigenvalue weighted by Gasteiger charge is 2.41. The molecule has 1 atom stereocenters. The lowest BCUT2D eigenvalue weighted by Crippen LogP contribution is -2.36. The van der Waals surface area contributed by atoms with Gasteiger partial charge in [-0.2, -0.15) is 0 Å². The summed E-state index contributed by atoms with van der Waals surface area (Å²) in [7, 11) is 0. The van der Waals surface area contributed by atoms with Crippen LogP contribution in [0.4, 0.5) is 4.39 Å². The van der Waals surface area contributed by atoms with E-state index < -0.39 is 12.3 Å². The number of hydrogen-bond donors (Lipinski definition) is 0. The number of ether oxygens (including phenoxy) is 1. The molecule has 4 heteroatoms. The minimum Gasteiger partial charge on any atom is -0.364 e. The van der Waals surface area contributed by atoms with Gasteiger partial charge in [0.05, 0.1) is 0 Å². The smallest absolute Gasteiger partial charge is 0.226 e.